The van der Waals surface area contributed by atoms with Crippen molar-refractivity contribution in [2.75, 3.05) is 23.1 Å². The molecule has 10 nitrogen and oxygen atoms in total. The molecule has 1 aromatic heterocycles. The number of carbonyl (C=O) groups excluding carboxylic acids is 2. The summed E-state index contributed by atoms with van der Waals surface area (Å²) < 4.78 is 5.81. The molecular formula is C30H27N7O3S2. The lowest BCUT2D eigenvalue weighted by Gasteiger charge is -2.42. The van der Waals surface area contributed by atoms with Crippen molar-refractivity contribution >= 4 is 45.6 Å². The Kier molecular flexibility index (Phi) is 8.03. The van der Waals surface area contributed by atoms with Crippen molar-refractivity contribution < 1.29 is 14.3 Å². The molecule has 212 valence electrons. The molecule has 12 heteroatoms. The molecule has 0 spiro atoms. The molecule has 2 aliphatic rings. The number of nitrogens with one attached hydrogen (secondary N) is 1. The van der Waals surface area contributed by atoms with Gasteiger partial charge in [0.2, 0.25) is 11.0 Å². The lowest BCUT2D eigenvalue weighted by molar-refractivity contribution is -0.118. The minimum absolute atomic E-state index is 0.0410. The molecule has 0 saturated carbocycles. The fraction of sp³-hybridized carbons (Fsp3) is 0.267. The normalized spacial score (nSPS) is 17.8. The standard InChI is InChI=1S/C30H27N7O3S2/c1-30(2)12-22-26(23(38)13-30)25(17-8-10-19(40-3)11-9-17)20(15-32)27(33)37(22)28-35-36-29(42-28)41-16-24(39)34-21-7-5-4-6-18(21)14-31/h4-11,25H,12-13,16,33H2,1-3H3,(H,34,39). The van der Waals surface area contributed by atoms with Gasteiger partial charge in [0.25, 0.3) is 0 Å². The second-order valence-corrected chi connectivity index (χ2v) is 12.8. The molecule has 1 unspecified atom stereocenters. The van der Waals surface area contributed by atoms with Crippen LogP contribution in [0.25, 0.3) is 0 Å². The van der Waals surface area contributed by atoms with Crippen molar-refractivity contribution in [1.29, 1.82) is 10.5 Å². The highest BCUT2D eigenvalue weighted by Gasteiger charge is 2.45. The van der Waals surface area contributed by atoms with Crippen LogP contribution < -0.4 is 20.7 Å². The van der Waals surface area contributed by atoms with Gasteiger partial charge in [-0.3, -0.25) is 14.5 Å². The number of hydrogen-bond acceptors (Lipinski definition) is 11. The third-order valence-electron chi connectivity index (χ3n) is 7.07. The smallest absolute Gasteiger partial charge is 0.234 e. The van der Waals surface area contributed by atoms with Crippen molar-refractivity contribution in [3.8, 4) is 17.9 Å². The molecule has 2 heterocycles. The minimum atomic E-state index is -0.613. The average Bonchev–Trinajstić information content (AvgIpc) is 3.43. The molecule has 0 fully saturated rings. The molecule has 0 bridgehead atoms. The molecular weight excluding hydrogens is 571 g/mol. The number of benzene rings is 2. The van der Waals surface area contributed by atoms with Crippen LogP contribution in [0, 0.1) is 28.1 Å². The van der Waals surface area contributed by atoms with Gasteiger partial charge in [-0.05, 0) is 41.7 Å². The van der Waals surface area contributed by atoms with E-state index in [2.05, 4.69) is 27.7 Å². The Morgan fingerprint density at radius 2 is 1.90 bits per heavy atom. The number of carbonyl (C=O) groups is 2. The van der Waals surface area contributed by atoms with Crippen LogP contribution in [0.3, 0.4) is 0 Å². The predicted molar refractivity (Wildman–Crippen MR) is 161 cm³/mol. The maximum absolute atomic E-state index is 13.7. The SMILES string of the molecule is COc1ccc(C2C(C#N)=C(N)N(c3nnc(SCC(=O)Nc4ccccc4C#N)s3)C3=C2C(=O)CC(C)(C)C3)cc1. The second kappa shape index (κ2) is 11.7. The van der Waals surface area contributed by atoms with Crippen molar-refractivity contribution in [3.05, 3.63) is 82.3 Å². The van der Waals surface area contributed by atoms with Crippen LogP contribution in [0.4, 0.5) is 10.8 Å². The molecule has 0 radical (unpaired) electrons. The number of thioether (sulfide) groups is 1. The Labute approximate surface area is 251 Å². The van der Waals surface area contributed by atoms with Crippen LogP contribution in [-0.2, 0) is 9.59 Å². The molecule has 3 aromatic rings. The number of allylic oxidation sites excluding steroid dienone is 3. The van der Waals surface area contributed by atoms with E-state index >= 15 is 0 Å². The number of anilines is 2. The van der Waals surface area contributed by atoms with Crippen LogP contribution in [0.5, 0.6) is 5.75 Å². The molecule has 2 aromatic carbocycles. The van der Waals surface area contributed by atoms with E-state index in [1.807, 2.05) is 26.0 Å². The van der Waals surface area contributed by atoms with Crippen LogP contribution in [0.15, 0.2) is 75.5 Å². The third-order valence-corrected chi connectivity index (χ3v) is 9.11. The third kappa shape index (κ3) is 5.59. The number of methoxy groups -OCH3 is 1. The summed E-state index contributed by atoms with van der Waals surface area (Å²) >= 11 is 2.41. The van der Waals surface area contributed by atoms with Crippen molar-refractivity contribution in [3.63, 3.8) is 0 Å². The number of Topliss-reactive ketones (excluding diaryl/α,β-unsaturated/α-hetero) is 1. The summed E-state index contributed by atoms with van der Waals surface area (Å²) in [6.45, 7) is 4.05. The van der Waals surface area contributed by atoms with Crippen LogP contribution >= 0.6 is 23.1 Å². The average molecular weight is 598 g/mol. The predicted octanol–water partition coefficient (Wildman–Crippen LogP) is 5.09. The number of ether oxygens (including phenoxy) is 1. The molecule has 1 amide bonds. The van der Waals surface area contributed by atoms with Gasteiger partial charge in [-0.2, -0.15) is 10.5 Å². The first-order chi connectivity index (χ1) is 20.2. The maximum atomic E-state index is 13.7. The maximum Gasteiger partial charge on any atom is 0.234 e. The van der Waals surface area contributed by atoms with Crippen molar-refractivity contribution in [1.82, 2.24) is 10.2 Å². The van der Waals surface area contributed by atoms with Gasteiger partial charge in [0, 0.05) is 17.7 Å². The van der Waals surface area contributed by atoms with E-state index in [0.29, 0.717) is 50.6 Å². The van der Waals surface area contributed by atoms with E-state index in [9.17, 15) is 20.1 Å². The van der Waals surface area contributed by atoms with Gasteiger partial charge in [-0.25, -0.2) is 0 Å². The lowest BCUT2D eigenvalue weighted by Crippen LogP contribution is -2.42. The molecule has 42 heavy (non-hydrogen) atoms. The summed E-state index contributed by atoms with van der Waals surface area (Å²) in [4.78, 5) is 28.0. The number of aromatic nitrogens is 2. The number of nitrogens with zero attached hydrogens (tertiary/aromatic N) is 5. The van der Waals surface area contributed by atoms with E-state index in [1.54, 1.807) is 48.4 Å². The first-order valence-corrected chi connectivity index (χ1v) is 14.8. The van der Waals surface area contributed by atoms with Gasteiger partial charge in [-0.1, -0.05) is 61.2 Å². The Bertz CT molecular complexity index is 1710. The van der Waals surface area contributed by atoms with Gasteiger partial charge in [-0.15, -0.1) is 10.2 Å². The zero-order chi connectivity index (χ0) is 30.0. The Hall–Kier alpha value is -4.65. The molecule has 3 N–H and O–H groups in total. The summed E-state index contributed by atoms with van der Waals surface area (Å²) in [5.74, 6) is -0.0453. The highest BCUT2D eigenvalue weighted by molar-refractivity contribution is 8.01. The topological polar surface area (TPSA) is 158 Å². The van der Waals surface area contributed by atoms with E-state index in [4.69, 9.17) is 10.5 Å². The fourth-order valence-corrected chi connectivity index (χ4v) is 6.89. The molecule has 1 aliphatic carbocycles. The number of ketones is 1. The second-order valence-electron chi connectivity index (χ2n) is 10.6. The van der Waals surface area contributed by atoms with Crippen molar-refractivity contribution in [2.24, 2.45) is 11.1 Å². The molecule has 1 aliphatic heterocycles. The summed E-state index contributed by atoms with van der Waals surface area (Å²) in [5, 5.41) is 31.3. The van der Waals surface area contributed by atoms with Crippen molar-refractivity contribution in [2.45, 2.75) is 36.9 Å². The molecule has 0 saturated heterocycles. The summed E-state index contributed by atoms with van der Waals surface area (Å²) in [5.41, 5.74) is 9.43. The van der Waals surface area contributed by atoms with Crippen LogP contribution in [0.1, 0.15) is 43.7 Å². The monoisotopic (exact) mass is 597 g/mol. The number of hydrogen-bond donors (Lipinski definition) is 2. The molecule has 1 atom stereocenters. The number of nitrogens with two attached hydrogens (primary N) is 1. The van der Waals surface area contributed by atoms with Crippen LogP contribution in [0.2, 0.25) is 0 Å². The number of amides is 1. The quantitative estimate of drug-likeness (QED) is 0.351. The van der Waals surface area contributed by atoms with Gasteiger partial charge >= 0.3 is 0 Å². The van der Waals surface area contributed by atoms with Gasteiger partial charge in [0.15, 0.2) is 10.1 Å². The fourth-order valence-electron chi connectivity index (χ4n) is 5.21. The van der Waals surface area contributed by atoms with Gasteiger partial charge in [0.05, 0.1) is 41.7 Å². The van der Waals surface area contributed by atoms with E-state index in [0.717, 1.165) is 5.56 Å². The van der Waals surface area contributed by atoms with E-state index in [1.165, 1.54) is 23.1 Å². The largest absolute Gasteiger partial charge is 0.497 e. The number of rotatable bonds is 7. The zero-order valence-electron chi connectivity index (χ0n) is 23.2. The summed E-state index contributed by atoms with van der Waals surface area (Å²) in [6.07, 6.45) is 0.884. The number of nitriles is 2. The Morgan fingerprint density at radius 3 is 2.60 bits per heavy atom. The van der Waals surface area contributed by atoms with Crippen LogP contribution in [-0.4, -0.2) is 34.8 Å². The minimum Gasteiger partial charge on any atom is -0.497 e. The summed E-state index contributed by atoms with van der Waals surface area (Å²) in [6, 6.07) is 18.4. The molecule has 5 rings (SSSR count). The zero-order valence-corrected chi connectivity index (χ0v) is 24.8. The lowest BCUT2D eigenvalue weighted by atomic mass is 9.68. The Balaban J connectivity index is 1.46. The first-order valence-electron chi connectivity index (χ1n) is 13.0. The van der Waals surface area contributed by atoms with Gasteiger partial charge < -0.3 is 15.8 Å². The van der Waals surface area contributed by atoms with E-state index < -0.39 is 5.92 Å². The highest BCUT2D eigenvalue weighted by Crippen LogP contribution is 2.50. The Morgan fingerprint density at radius 1 is 1.17 bits per heavy atom. The highest BCUT2D eigenvalue weighted by atomic mass is 32.2. The first kappa shape index (κ1) is 28.9. The van der Waals surface area contributed by atoms with Gasteiger partial charge in [0.1, 0.15) is 17.6 Å². The number of para-hydroxylation sites is 1. The summed E-state index contributed by atoms with van der Waals surface area (Å²) in [7, 11) is 1.58. The van der Waals surface area contributed by atoms with E-state index in [-0.39, 0.29) is 34.3 Å².